The standard InChI is InChI=1S/C15H18BrF2N/c16-12-7-14(18)15(8-13(12)17)19-11-3-1-2-10(6-11)9-4-5-9/h7-11,19H,1-6H2. The summed E-state index contributed by atoms with van der Waals surface area (Å²) in [5, 5.41) is 3.19. The average molecular weight is 330 g/mol. The van der Waals surface area contributed by atoms with Crippen molar-refractivity contribution in [2.24, 2.45) is 11.8 Å². The molecule has 2 atom stereocenters. The highest BCUT2D eigenvalue weighted by molar-refractivity contribution is 9.10. The van der Waals surface area contributed by atoms with E-state index in [4.69, 9.17) is 0 Å². The second kappa shape index (κ2) is 5.39. The van der Waals surface area contributed by atoms with Crippen LogP contribution in [-0.2, 0) is 0 Å². The van der Waals surface area contributed by atoms with Crippen molar-refractivity contribution in [3.63, 3.8) is 0 Å². The first kappa shape index (κ1) is 13.3. The second-order valence-electron chi connectivity index (χ2n) is 5.85. The van der Waals surface area contributed by atoms with E-state index in [0.717, 1.165) is 24.7 Å². The Labute approximate surface area is 120 Å². The van der Waals surface area contributed by atoms with Gasteiger partial charge in [-0.15, -0.1) is 0 Å². The molecule has 4 heteroatoms. The van der Waals surface area contributed by atoms with Crippen molar-refractivity contribution in [1.82, 2.24) is 0 Å². The largest absolute Gasteiger partial charge is 0.380 e. The van der Waals surface area contributed by atoms with Gasteiger partial charge >= 0.3 is 0 Å². The fraction of sp³-hybridized carbons (Fsp3) is 0.600. The van der Waals surface area contributed by atoms with E-state index < -0.39 is 5.82 Å². The number of halogens is 3. The lowest BCUT2D eigenvalue weighted by molar-refractivity contribution is 0.302. The van der Waals surface area contributed by atoms with Gasteiger partial charge in [-0.25, -0.2) is 8.78 Å². The zero-order valence-corrected chi connectivity index (χ0v) is 12.3. The Kier molecular flexibility index (Phi) is 3.79. The topological polar surface area (TPSA) is 12.0 Å². The molecular weight excluding hydrogens is 312 g/mol. The number of hydrogen-bond donors (Lipinski definition) is 1. The summed E-state index contributed by atoms with van der Waals surface area (Å²) in [5.41, 5.74) is 0.294. The number of nitrogens with one attached hydrogen (secondary N) is 1. The fourth-order valence-corrected chi connectivity index (χ4v) is 3.52. The van der Waals surface area contributed by atoms with Gasteiger partial charge in [-0.05, 0) is 59.5 Å². The van der Waals surface area contributed by atoms with Crippen LogP contribution in [0.4, 0.5) is 14.5 Å². The predicted molar refractivity (Wildman–Crippen MR) is 76.2 cm³/mol. The van der Waals surface area contributed by atoms with Crippen LogP contribution in [0.1, 0.15) is 38.5 Å². The first-order chi connectivity index (χ1) is 9.13. The van der Waals surface area contributed by atoms with Crippen LogP contribution in [0.2, 0.25) is 0 Å². The molecule has 2 aliphatic carbocycles. The first-order valence-corrected chi connectivity index (χ1v) is 7.84. The van der Waals surface area contributed by atoms with Crippen molar-refractivity contribution in [2.45, 2.75) is 44.6 Å². The Morgan fingerprint density at radius 1 is 1.00 bits per heavy atom. The summed E-state index contributed by atoms with van der Waals surface area (Å²) >= 11 is 3.00. The molecule has 0 spiro atoms. The summed E-state index contributed by atoms with van der Waals surface area (Å²) in [5.74, 6) is 0.881. The zero-order valence-electron chi connectivity index (χ0n) is 10.8. The maximum absolute atomic E-state index is 13.8. The van der Waals surface area contributed by atoms with Crippen molar-refractivity contribution in [3.8, 4) is 0 Å². The molecule has 0 amide bonds. The van der Waals surface area contributed by atoms with E-state index in [1.54, 1.807) is 0 Å². The van der Waals surface area contributed by atoms with E-state index in [2.05, 4.69) is 21.2 Å². The van der Waals surface area contributed by atoms with Crippen LogP contribution >= 0.6 is 15.9 Å². The fourth-order valence-electron chi connectivity index (χ4n) is 3.21. The van der Waals surface area contributed by atoms with Gasteiger partial charge in [0.2, 0.25) is 0 Å². The molecule has 3 rings (SSSR count). The summed E-state index contributed by atoms with van der Waals surface area (Å²) in [6.45, 7) is 0. The average Bonchev–Trinajstić information content (AvgIpc) is 3.20. The number of benzene rings is 1. The van der Waals surface area contributed by atoms with Gasteiger partial charge in [-0.2, -0.15) is 0 Å². The van der Waals surface area contributed by atoms with E-state index in [0.29, 0.717) is 5.69 Å². The quantitative estimate of drug-likeness (QED) is 0.760. The molecule has 1 N–H and O–H groups in total. The summed E-state index contributed by atoms with van der Waals surface area (Å²) in [4.78, 5) is 0. The van der Waals surface area contributed by atoms with E-state index in [9.17, 15) is 8.78 Å². The summed E-state index contributed by atoms with van der Waals surface area (Å²) in [6, 6.07) is 2.73. The van der Waals surface area contributed by atoms with Crippen LogP contribution in [0.15, 0.2) is 16.6 Å². The molecule has 104 valence electrons. The molecule has 2 unspecified atom stereocenters. The van der Waals surface area contributed by atoms with E-state index >= 15 is 0 Å². The van der Waals surface area contributed by atoms with Gasteiger partial charge < -0.3 is 5.32 Å². The monoisotopic (exact) mass is 329 g/mol. The van der Waals surface area contributed by atoms with Gasteiger partial charge in [0, 0.05) is 12.1 Å². The highest BCUT2D eigenvalue weighted by Gasteiger charge is 2.34. The summed E-state index contributed by atoms with van der Waals surface area (Å²) < 4.78 is 27.4. The van der Waals surface area contributed by atoms with Gasteiger partial charge in [0.1, 0.15) is 11.6 Å². The molecule has 2 saturated carbocycles. The molecule has 1 nitrogen and oxygen atoms in total. The summed E-state index contributed by atoms with van der Waals surface area (Å²) in [7, 11) is 0. The molecule has 1 aromatic carbocycles. The molecular formula is C15H18BrF2N. The smallest absolute Gasteiger partial charge is 0.147 e. The van der Waals surface area contributed by atoms with Crippen molar-refractivity contribution >= 4 is 21.6 Å². The van der Waals surface area contributed by atoms with Crippen molar-refractivity contribution in [2.75, 3.05) is 5.32 Å². The lowest BCUT2D eigenvalue weighted by atomic mass is 9.82. The second-order valence-corrected chi connectivity index (χ2v) is 6.71. The van der Waals surface area contributed by atoms with Crippen LogP contribution in [0.3, 0.4) is 0 Å². The number of anilines is 1. The molecule has 0 aliphatic heterocycles. The molecule has 0 aromatic heterocycles. The Hall–Kier alpha value is -0.640. The van der Waals surface area contributed by atoms with Gasteiger partial charge in [-0.3, -0.25) is 0 Å². The van der Waals surface area contributed by atoms with Crippen LogP contribution in [0, 0.1) is 23.5 Å². The van der Waals surface area contributed by atoms with E-state index in [-0.39, 0.29) is 16.3 Å². The highest BCUT2D eigenvalue weighted by atomic mass is 79.9. The number of rotatable bonds is 3. The minimum atomic E-state index is -0.418. The van der Waals surface area contributed by atoms with Gasteiger partial charge in [0.15, 0.2) is 0 Å². The maximum Gasteiger partial charge on any atom is 0.147 e. The molecule has 2 fully saturated rings. The lowest BCUT2D eigenvalue weighted by Gasteiger charge is -2.30. The first-order valence-electron chi connectivity index (χ1n) is 7.04. The Morgan fingerprint density at radius 2 is 1.79 bits per heavy atom. The summed E-state index contributed by atoms with van der Waals surface area (Å²) in [6.07, 6.45) is 7.37. The molecule has 0 bridgehead atoms. The van der Waals surface area contributed by atoms with Crippen LogP contribution in [0.5, 0.6) is 0 Å². The third kappa shape index (κ3) is 3.10. The van der Waals surface area contributed by atoms with Crippen molar-refractivity contribution in [1.29, 1.82) is 0 Å². The molecule has 0 radical (unpaired) electrons. The molecule has 0 heterocycles. The third-order valence-corrected chi connectivity index (χ3v) is 4.98. The Balaban J connectivity index is 1.68. The van der Waals surface area contributed by atoms with Crippen LogP contribution < -0.4 is 5.32 Å². The number of hydrogen-bond acceptors (Lipinski definition) is 1. The van der Waals surface area contributed by atoms with Gasteiger partial charge in [0.25, 0.3) is 0 Å². The Bertz CT molecular complexity index is 473. The van der Waals surface area contributed by atoms with E-state index in [1.165, 1.54) is 37.8 Å². The molecule has 2 aliphatic rings. The maximum atomic E-state index is 13.8. The van der Waals surface area contributed by atoms with Gasteiger partial charge in [0.05, 0.1) is 10.2 Å². The zero-order chi connectivity index (χ0) is 13.4. The SMILES string of the molecule is Fc1cc(NC2CCCC(C3CC3)C2)c(F)cc1Br. The lowest BCUT2D eigenvalue weighted by Crippen LogP contribution is -2.28. The highest BCUT2D eigenvalue weighted by Crippen LogP contribution is 2.44. The Morgan fingerprint density at radius 3 is 2.53 bits per heavy atom. The van der Waals surface area contributed by atoms with Crippen molar-refractivity contribution in [3.05, 3.63) is 28.2 Å². The minimum absolute atomic E-state index is 0.176. The van der Waals surface area contributed by atoms with Crippen LogP contribution in [-0.4, -0.2) is 6.04 Å². The van der Waals surface area contributed by atoms with Crippen LogP contribution in [0.25, 0.3) is 0 Å². The predicted octanol–water partition coefficient (Wildman–Crippen LogP) is 5.11. The normalized spacial score (nSPS) is 27.3. The molecule has 1 aromatic rings. The third-order valence-electron chi connectivity index (χ3n) is 4.37. The molecule has 0 saturated heterocycles. The minimum Gasteiger partial charge on any atom is -0.380 e. The van der Waals surface area contributed by atoms with E-state index in [1.807, 2.05) is 0 Å². The molecule has 19 heavy (non-hydrogen) atoms. The van der Waals surface area contributed by atoms with Gasteiger partial charge in [-0.1, -0.05) is 12.8 Å². The van der Waals surface area contributed by atoms with Crippen molar-refractivity contribution < 1.29 is 8.78 Å².